The zero-order valence-corrected chi connectivity index (χ0v) is 15.5. The van der Waals surface area contributed by atoms with Crippen LogP contribution in [0.5, 0.6) is 0 Å². The van der Waals surface area contributed by atoms with Crippen molar-refractivity contribution in [1.82, 2.24) is 10.6 Å². The number of nitrogens with one attached hydrogen (secondary N) is 2. The van der Waals surface area contributed by atoms with Crippen LogP contribution in [0.1, 0.15) is 38.7 Å². The highest BCUT2D eigenvalue weighted by Gasteiger charge is 2.28. The van der Waals surface area contributed by atoms with Crippen molar-refractivity contribution in [3.05, 3.63) is 35.9 Å². The van der Waals surface area contributed by atoms with Crippen molar-refractivity contribution >= 4 is 18.0 Å². The third-order valence-corrected chi connectivity index (χ3v) is 3.83. The maximum atomic E-state index is 12.4. The van der Waals surface area contributed by atoms with E-state index < -0.39 is 30.1 Å². The molecule has 0 unspecified atom stereocenters. The molecule has 3 N–H and O–H groups in total. The number of nitrogens with zero attached hydrogens (tertiary/aromatic N) is 1. The number of aliphatic carboxylic acids is 1. The first-order valence-electron chi connectivity index (χ1n) is 8.72. The minimum atomic E-state index is -1.18. The molecule has 2 amide bonds. The van der Waals surface area contributed by atoms with Gasteiger partial charge in [0.2, 0.25) is 5.91 Å². The summed E-state index contributed by atoms with van der Waals surface area (Å²) in [5.74, 6) is -2.07. The van der Waals surface area contributed by atoms with E-state index in [0.29, 0.717) is 6.42 Å². The number of carboxylic acids is 1. The average molecular weight is 375 g/mol. The van der Waals surface area contributed by atoms with Gasteiger partial charge < -0.3 is 20.5 Å². The van der Waals surface area contributed by atoms with E-state index >= 15 is 0 Å². The van der Waals surface area contributed by atoms with E-state index in [0.717, 1.165) is 5.56 Å². The first-order valence-corrected chi connectivity index (χ1v) is 8.72. The second kappa shape index (κ2) is 11.5. The lowest BCUT2D eigenvalue weighted by atomic mass is 10.0. The number of hydrogen-bond acceptors (Lipinski definition) is 5. The molecule has 8 nitrogen and oxygen atoms in total. The van der Waals surface area contributed by atoms with Crippen molar-refractivity contribution in [2.75, 3.05) is 0 Å². The van der Waals surface area contributed by atoms with Gasteiger partial charge in [0, 0.05) is 6.42 Å². The van der Waals surface area contributed by atoms with Gasteiger partial charge in [0.25, 0.3) is 0 Å². The summed E-state index contributed by atoms with van der Waals surface area (Å²) >= 11 is 0. The van der Waals surface area contributed by atoms with Crippen LogP contribution in [0.25, 0.3) is 0 Å². The molecule has 0 bridgehead atoms. The number of ether oxygens (including phenoxy) is 1. The smallest absolute Gasteiger partial charge is 0.408 e. The Bertz CT molecular complexity index is 670. The van der Waals surface area contributed by atoms with Crippen molar-refractivity contribution in [2.24, 2.45) is 5.92 Å². The summed E-state index contributed by atoms with van der Waals surface area (Å²) in [6, 6.07) is 8.97. The molecule has 0 aromatic heterocycles. The van der Waals surface area contributed by atoms with Gasteiger partial charge in [-0.2, -0.15) is 5.26 Å². The van der Waals surface area contributed by atoms with Crippen LogP contribution in [0.4, 0.5) is 4.79 Å². The summed E-state index contributed by atoms with van der Waals surface area (Å²) in [5, 5.41) is 22.7. The summed E-state index contributed by atoms with van der Waals surface area (Å²) in [4.78, 5) is 35.7. The van der Waals surface area contributed by atoms with Crippen LogP contribution < -0.4 is 10.6 Å². The van der Waals surface area contributed by atoms with Crippen LogP contribution in [0.3, 0.4) is 0 Å². The Morgan fingerprint density at radius 3 is 2.41 bits per heavy atom. The number of carbonyl (C=O) groups excluding carboxylic acids is 2. The molecule has 0 heterocycles. The Labute approximate surface area is 158 Å². The number of unbranched alkanes of at least 4 members (excludes halogenated alkanes) is 1. The van der Waals surface area contributed by atoms with Crippen molar-refractivity contribution in [3.8, 4) is 6.07 Å². The molecule has 0 aliphatic carbocycles. The first kappa shape index (κ1) is 22.0. The molecule has 146 valence electrons. The zero-order valence-electron chi connectivity index (χ0n) is 15.5. The normalized spacial score (nSPS) is 12.5. The number of nitriles is 1. The topological polar surface area (TPSA) is 129 Å². The summed E-state index contributed by atoms with van der Waals surface area (Å²) in [5.41, 5.74) is 0.807. The standard InChI is InChI=1S/C19H25N3O5/c1-13(2)16(17(23)21-15(18(24)25)10-6-7-11-20)22-19(26)27-12-14-8-4-3-5-9-14/h3-5,8-9,13,15-16H,6-7,10,12H2,1-2H3,(H,21,23)(H,22,26)(H,24,25)/t15-,16+/m0/s1. The Kier molecular flexibility index (Phi) is 9.37. The van der Waals surface area contributed by atoms with Gasteiger partial charge in [-0.3, -0.25) is 4.79 Å². The van der Waals surface area contributed by atoms with Crippen LogP contribution in [-0.2, 0) is 20.9 Å². The number of amides is 2. The number of rotatable bonds is 10. The molecular weight excluding hydrogens is 350 g/mol. The first-order chi connectivity index (χ1) is 12.8. The molecule has 2 atom stereocenters. The van der Waals surface area contributed by atoms with E-state index in [2.05, 4.69) is 10.6 Å². The lowest BCUT2D eigenvalue weighted by Crippen LogP contribution is -2.53. The Morgan fingerprint density at radius 2 is 1.85 bits per heavy atom. The van der Waals surface area contributed by atoms with Gasteiger partial charge in [-0.15, -0.1) is 0 Å². The van der Waals surface area contributed by atoms with E-state index in [1.54, 1.807) is 26.0 Å². The molecule has 0 aliphatic heterocycles. The van der Waals surface area contributed by atoms with Crippen LogP contribution >= 0.6 is 0 Å². The molecule has 27 heavy (non-hydrogen) atoms. The van der Waals surface area contributed by atoms with Crippen molar-refractivity contribution < 1.29 is 24.2 Å². The van der Waals surface area contributed by atoms with Crippen LogP contribution in [0.2, 0.25) is 0 Å². The fraction of sp³-hybridized carbons (Fsp3) is 0.474. The summed E-state index contributed by atoms with van der Waals surface area (Å²) in [7, 11) is 0. The van der Waals surface area contributed by atoms with Gasteiger partial charge in [0.1, 0.15) is 18.7 Å². The highest BCUT2D eigenvalue weighted by molar-refractivity contribution is 5.89. The molecule has 0 saturated carbocycles. The summed E-state index contributed by atoms with van der Waals surface area (Å²) in [6.45, 7) is 3.52. The average Bonchev–Trinajstić information content (AvgIpc) is 2.64. The highest BCUT2D eigenvalue weighted by atomic mass is 16.5. The quantitative estimate of drug-likeness (QED) is 0.538. The second-order valence-electron chi connectivity index (χ2n) is 6.38. The molecule has 1 aromatic rings. The minimum Gasteiger partial charge on any atom is -0.480 e. The third kappa shape index (κ3) is 8.23. The number of hydrogen-bond donors (Lipinski definition) is 3. The van der Waals surface area contributed by atoms with E-state index in [1.165, 1.54) is 0 Å². The maximum Gasteiger partial charge on any atom is 0.408 e. The molecule has 0 radical (unpaired) electrons. The Hall–Kier alpha value is -3.08. The Balaban J connectivity index is 2.61. The predicted octanol–water partition coefficient (Wildman–Crippen LogP) is 2.20. The van der Waals surface area contributed by atoms with Crippen molar-refractivity contribution in [1.29, 1.82) is 5.26 Å². The van der Waals surface area contributed by atoms with Gasteiger partial charge in [0.15, 0.2) is 0 Å². The number of benzene rings is 1. The van der Waals surface area contributed by atoms with E-state index in [1.807, 2.05) is 24.3 Å². The van der Waals surface area contributed by atoms with Gasteiger partial charge in [-0.1, -0.05) is 44.2 Å². The van der Waals surface area contributed by atoms with E-state index in [9.17, 15) is 19.5 Å². The van der Waals surface area contributed by atoms with Gasteiger partial charge >= 0.3 is 12.1 Å². The molecule has 0 saturated heterocycles. The molecule has 0 fully saturated rings. The van der Waals surface area contributed by atoms with Gasteiger partial charge in [-0.25, -0.2) is 9.59 Å². The van der Waals surface area contributed by atoms with Crippen molar-refractivity contribution in [2.45, 2.75) is 51.8 Å². The fourth-order valence-electron chi connectivity index (χ4n) is 2.33. The second-order valence-corrected chi connectivity index (χ2v) is 6.38. The van der Waals surface area contributed by atoms with Crippen LogP contribution in [-0.4, -0.2) is 35.2 Å². The SMILES string of the molecule is CC(C)[C@@H](NC(=O)OCc1ccccc1)C(=O)N[C@@H](CCCC#N)C(=O)O. The lowest BCUT2D eigenvalue weighted by molar-refractivity contribution is -0.142. The van der Waals surface area contributed by atoms with E-state index in [4.69, 9.17) is 10.00 Å². The zero-order chi connectivity index (χ0) is 20.2. The highest BCUT2D eigenvalue weighted by Crippen LogP contribution is 2.07. The fourth-order valence-corrected chi connectivity index (χ4v) is 2.33. The largest absolute Gasteiger partial charge is 0.480 e. The van der Waals surface area contributed by atoms with E-state index in [-0.39, 0.29) is 25.4 Å². The van der Waals surface area contributed by atoms with Crippen LogP contribution in [0.15, 0.2) is 30.3 Å². The summed E-state index contributed by atoms with van der Waals surface area (Å²) < 4.78 is 5.11. The Morgan fingerprint density at radius 1 is 1.19 bits per heavy atom. The molecular formula is C19H25N3O5. The van der Waals surface area contributed by atoms with Gasteiger partial charge in [-0.05, 0) is 24.3 Å². The third-order valence-electron chi connectivity index (χ3n) is 3.83. The van der Waals surface area contributed by atoms with Gasteiger partial charge in [0.05, 0.1) is 6.07 Å². The molecule has 0 spiro atoms. The number of alkyl carbamates (subject to hydrolysis) is 1. The molecule has 1 aromatic carbocycles. The number of carbonyl (C=O) groups is 3. The molecule has 1 rings (SSSR count). The van der Waals surface area contributed by atoms with Crippen molar-refractivity contribution in [3.63, 3.8) is 0 Å². The van der Waals surface area contributed by atoms with Crippen LogP contribution in [0, 0.1) is 17.2 Å². The minimum absolute atomic E-state index is 0.0605. The maximum absolute atomic E-state index is 12.4. The number of carboxylic acid groups (broad SMARTS) is 1. The monoisotopic (exact) mass is 375 g/mol. The lowest BCUT2D eigenvalue weighted by Gasteiger charge is -2.23. The predicted molar refractivity (Wildman–Crippen MR) is 97.4 cm³/mol. The molecule has 0 aliphatic rings. The summed E-state index contributed by atoms with van der Waals surface area (Å²) in [6.07, 6.45) is -0.0638. The molecule has 8 heteroatoms.